The maximum absolute atomic E-state index is 9.96. The minimum atomic E-state index is 0.627. The maximum Gasteiger partial charge on any atom is 0.139 e. The number of pyridine rings is 1. The van der Waals surface area contributed by atoms with Gasteiger partial charge in [-0.15, -0.1) is 11.3 Å². The highest BCUT2D eigenvalue weighted by atomic mass is 32.1. The molecule has 9 aromatic rings. The number of benzene rings is 6. The molecule has 0 unspecified atom stereocenters. The maximum atomic E-state index is 9.96. The first-order chi connectivity index (χ1) is 20.8. The van der Waals surface area contributed by atoms with Crippen LogP contribution in [0.15, 0.2) is 127 Å². The molecule has 3 aromatic heterocycles. The van der Waals surface area contributed by atoms with Crippen LogP contribution < -0.4 is 0 Å². The topological polar surface area (TPSA) is 41.6 Å². The van der Waals surface area contributed by atoms with Crippen molar-refractivity contribution in [1.29, 1.82) is 5.26 Å². The SMILES string of the molecule is N#Cc1cc(-n2c3ccccc3c3cc(-c4cccc5c4sc4ccc6ccccc6c45)ccc32)nc2ccccc12. The second kappa shape index (κ2) is 8.75. The standard InChI is InChI=1S/C38H21N3S/c39-22-25-21-36(40-32-14-5-3-9-26(25)32)41-33-15-6-4-11-29(33)31-20-24(16-18-34(31)41)28-12-7-13-30-37-27-10-2-1-8-23(27)17-19-35(37)42-38(28)30/h1-21H. The minimum Gasteiger partial charge on any atom is -0.294 e. The van der Waals surface area contributed by atoms with Gasteiger partial charge in [0, 0.05) is 36.3 Å². The highest BCUT2D eigenvalue weighted by molar-refractivity contribution is 7.26. The number of nitrogens with zero attached hydrogens (tertiary/aromatic N) is 3. The van der Waals surface area contributed by atoms with Crippen LogP contribution in [0.25, 0.3) is 80.6 Å². The Bertz CT molecular complexity index is 2600. The van der Waals surface area contributed by atoms with Crippen LogP contribution in [0.1, 0.15) is 5.56 Å². The van der Waals surface area contributed by atoms with E-state index < -0.39 is 0 Å². The van der Waals surface area contributed by atoms with Crippen molar-refractivity contribution >= 4 is 75.0 Å². The van der Waals surface area contributed by atoms with Crippen LogP contribution in [-0.2, 0) is 0 Å². The van der Waals surface area contributed by atoms with E-state index in [0.717, 1.165) is 33.1 Å². The molecule has 3 nitrogen and oxygen atoms in total. The van der Waals surface area contributed by atoms with Gasteiger partial charge in [-0.1, -0.05) is 91.0 Å². The summed E-state index contributed by atoms with van der Waals surface area (Å²) in [6.07, 6.45) is 0. The van der Waals surface area contributed by atoms with Crippen LogP contribution in [0.4, 0.5) is 0 Å². The zero-order chi connectivity index (χ0) is 27.8. The molecule has 0 aliphatic rings. The van der Waals surface area contributed by atoms with E-state index >= 15 is 0 Å². The molecule has 6 aromatic carbocycles. The van der Waals surface area contributed by atoms with E-state index in [-0.39, 0.29) is 0 Å². The molecule has 0 bridgehead atoms. The molecule has 0 aliphatic heterocycles. The van der Waals surface area contributed by atoms with Crippen LogP contribution in [0.5, 0.6) is 0 Å². The van der Waals surface area contributed by atoms with Gasteiger partial charge < -0.3 is 0 Å². The largest absolute Gasteiger partial charge is 0.294 e. The minimum absolute atomic E-state index is 0.627. The van der Waals surface area contributed by atoms with Crippen LogP contribution in [0.3, 0.4) is 0 Å². The Hall–Kier alpha value is -5.50. The fourth-order valence-electron chi connectivity index (χ4n) is 6.55. The van der Waals surface area contributed by atoms with Crippen LogP contribution >= 0.6 is 11.3 Å². The zero-order valence-electron chi connectivity index (χ0n) is 22.4. The molecule has 0 saturated carbocycles. The zero-order valence-corrected chi connectivity index (χ0v) is 23.2. The fourth-order valence-corrected chi connectivity index (χ4v) is 7.81. The number of fused-ring (bicyclic) bond motifs is 9. The van der Waals surface area contributed by atoms with E-state index in [2.05, 4.69) is 108 Å². The van der Waals surface area contributed by atoms with Crippen molar-refractivity contribution in [2.75, 3.05) is 0 Å². The lowest BCUT2D eigenvalue weighted by atomic mass is 9.99. The van der Waals surface area contributed by atoms with Crippen LogP contribution in [0, 0.1) is 11.3 Å². The lowest BCUT2D eigenvalue weighted by molar-refractivity contribution is 1.10. The molecule has 194 valence electrons. The first-order valence-electron chi connectivity index (χ1n) is 14.0. The van der Waals surface area contributed by atoms with Crippen molar-refractivity contribution in [2.45, 2.75) is 0 Å². The molecule has 0 radical (unpaired) electrons. The van der Waals surface area contributed by atoms with Crippen LogP contribution in [-0.4, -0.2) is 9.55 Å². The van der Waals surface area contributed by atoms with Gasteiger partial charge in [0.05, 0.1) is 28.2 Å². The summed E-state index contributed by atoms with van der Waals surface area (Å²) < 4.78 is 4.81. The van der Waals surface area contributed by atoms with Gasteiger partial charge in [-0.05, 0) is 58.3 Å². The number of nitriles is 1. The number of thiophene rings is 1. The molecule has 0 aliphatic carbocycles. The third kappa shape index (κ3) is 3.23. The lowest BCUT2D eigenvalue weighted by Crippen LogP contribution is -1.99. The predicted octanol–water partition coefficient (Wildman–Crippen LogP) is 10.4. The van der Waals surface area contributed by atoms with Crippen molar-refractivity contribution in [3.8, 4) is 23.0 Å². The molecule has 0 atom stereocenters. The Labute approximate surface area is 245 Å². The van der Waals surface area contributed by atoms with E-state index in [1.807, 2.05) is 41.7 Å². The van der Waals surface area contributed by atoms with Gasteiger partial charge in [-0.3, -0.25) is 4.57 Å². The van der Waals surface area contributed by atoms with Gasteiger partial charge in [0.2, 0.25) is 0 Å². The van der Waals surface area contributed by atoms with Gasteiger partial charge in [-0.25, -0.2) is 4.98 Å². The number of rotatable bonds is 2. The van der Waals surface area contributed by atoms with E-state index in [9.17, 15) is 5.26 Å². The predicted molar refractivity (Wildman–Crippen MR) is 177 cm³/mol. The number of hydrogen-bond acceptors (Lipinski definition) is 3. The van der Waals surface area contributed by atoms with Gasteiger partial charge in [0.25, 0.3) is 0 Å². The van der Waals surface area contributed by atoms with Gasteiger partial charge in [0.15, 0.2) is 0 Å². The molecule has 0 fully saturated rings. The summed E-state index contributed by atoms with van der Waals surface area (Å²) >= 11 is 1.87. The smallest absolute Gasteiger partial charge is 0.139 e. The second-order valence-corrected chi connectivity index (χ2v) is 11.7. The highest BCUT2D eigenvalue weighted by Gasteiger charge is 2.17. The quantitative estimate of drug-likeness (QED) is 0.214. The van der Waals surface area contributed by atoms with Gasteiger partial charge in [-0.2, -0.15) is 5.26 Å². The summed E-state index contributed by atoms with van der Waals surface area (Å²) in [6, 6.07) is 47.2. The monoisotopic (exact) mass is 551 g/mol. The summed E-state index contributed by atoms with van der Waals surface area (Å²) in [5, 5.41) is 18.4. The van der Waals surface area contributed by atoms with Gasteiger partial charge >= 0.3 is 0 Å². The number of hydrogen-bond donors (Lipinski definition) is 0. The molecule has 0 saturated heterocycles. The van der Waals surface area contributed by atoms with E-state index in [1.54, 1.807) is 0 Å². The van der Waals surface area contributed by atoms with Crippen molar-refractivity contribution < 1.29 is 0 Å². The fraction of sp³-hybridized carbons (Fsp3) is 0. The summed E-state index contributed by atoms with van der Waals surface area (Å²) in [7, 11) is 0. The van der Waals surface area contributed by atoms with Crippen molar-refractivity contribution in [2.24, 2.45) is 0 Å². The number of aromatic nitrogens is 2. The Kier molecular flexibility index (Phi) is 4.84. The third-order valence-electron chi connectivity index (χ3n) is 8.42. The van der Waals surface area contributed by atoms with E-state index in [0.29, 0.717) is 5.56 Å². The molecular formula is C38H21N3S. The molecule has 42 heavy (non-hydrogen) atoms. The Morgan fingerprint density at radius 1 is 0.619 bits per heavy atom. The molecular weight excluding hydrogens is 531 g/mol. The van der Waals surface area contributed by atoms with E-state index in [4.69, 9.17) is 4.98 Å². The molecule has 0 amide bonds. The molecule has 0 N–H and O–H groups in total. The van der Waals surface area contributed by atoms with Crippen molar-refractivity contribution in [3.05, 3.63) is 133 Å². The highest BCUT2D eigenvalue weighted by Crippen LogP contribution is 2.44. The Morgan fingerprint density at radius 3 is 2.29 bits per heavy atom. The van der Waals surface area contributed by atoms with Crippen molar-refractivity contribution in [3.63, 3.8) is 0 Å². The van der Waals surface area contributed by atoms with E-state index in [1.165, 1.54) is 47.5 Å². The Morgan fingerprint density at radius 2 is 1.38 bits per heavy atom. The number of para-hydroxylation sites is 2. The van der Waals surface area contributed by atoms with Crippen molar-refractivity contribution in [1.82, 2.24) is 9.55 Å². The average Bonchev–Trinajstić information content (AvgIpc) is 3.60. The second-order valence-electron chi connectivity index (χ2n) is 10.7. The lowest BCUT2D eigenvalue weighted by Gasteiger charge is -2.10. The normalized spacial score (nSPS) is 11.8. The first-order valence-corrected chi connectivity index (χ1v) is 14.8. The molecule has 3 heterocycles. The molecule has 0 spiro atoms. The summed E-state index contributed by atoms with van der Waals surface area (Å²) in [4.78, 5) is 5.01. The molecule has 9 rings (SSSR count). The first kappa shape index (κ1) is 23.2. The average molecular weight is 552 g/mol. The van der Waals surface area contributed by atoms with Gasteiger partial charge in [0.1, 0.15) is 5.82 Å². The summed E-state index contributed by atoms with van der Waals surface area (Å²) in [5.41, 5.74) is 6.02. The third-order valence-corrected chi connectivity index (χ3v) is 9.63. The summed E-state index contributed by atoms with van der Waals surface area (Å²) in [6.45, 7) is 0. The van der Waals surface area contributed by atoms with Crippen LogP contribution in [0.2, 0.25) is 0 Å². The molecule has 4 heteroatoms. The Balaban J connectivity index is 1.31. The summed E-state index contributed by atoms with van der Waals surface area (Å²) in [5.74, 6) is 0.752.